The molecule has 2 aliphatic rings. The van der Waals surface area contributed by atoms with Gasteiger partial charge in [0.1, 0.15) is 0 Å². The van der Waals surface area contributed by atoms with Crippen molar-refractivity contribution in [2.24, 2.45) is 0 Å². The van der Waals surface area contributed by atoms with E-state index in [2.05, 4.69) is 0 Å². The molecular formula is C44H26F6N2O2S2. The smallest absolute Gasteiger partial charge is 0.307 e. The van der Waals surface area contributed by atoms with Crippen molar-refractivity contribution in [1.29, 1.82) is 0 Å². The number of hydrogen-bond acceptors (Lipinski definition) is 4. The minimum Gasteiger partial charge on any atom is -0.307 e. The van der Waals surface area contributed by atoms with Gasteiger partial charge in [-0.25, -0.2) is 8.42 Å². The van der Waals surface area contributed by atoms with Crippen LogP contribution in [0.4, 0.5) is 60.5 Å². The summed E-state index contributed by atoms with van der Waals surface area (Å²) in [7, 11) is -3.09. The predicted molar refractivity (Wildman–Crippen MR) is 206 cm³/mol. The third-order valence-electron chi connectivity index (χ3n) is 9.86. The maximum absolute atomic E-state index is 14.3. The highest BCUT2D eigenvalue weighted by molar-refractivity contribution is 7.85. The molecule has 0 atom stereocenters. The van der Waals surface area contributed by atoms with Crippen LogP contribution in [-0.4, -0.2) is 8.42 Å². The monoisotopic (exact) mass is 792 g/mol. The highest BCUT2D eigenvalue weighted by Crippen LogP contribution is 2.52. The molecule has 0 bridgehead atoms. The average molecular weight is 793 g/mol. The number of nitrogens with zero attached hydrogens (tertiary/aromatic N) is 2. The number of para-hydroxylation sites is 4. The molecule has 7 aromatic carbocycles. The zero-order valence-corrected chi connectivity index (χ0v) is 30.4. The fraction of sp³-hybridized carbons (Fsp3) is 0.0455. The van der Waals surface area contributed by atoms with Gasteiger partial charge >= 0.3 is 12.4 Å². The number of alkyl halides is 6. The van der Waals surface area contributed by atoms with E-state index >= 15 is 0 Å². The molecule has 12 heteroatoms. The van der Waals surface area contributed by atoms with E-state index in [0.29, 0.717) is 64.8 Å². The molecule has 2 heterocycles. The van der Waals surface area contributed by atoms with Gasteiger partial charge < -0.3 is 9.80 Å². The van der Waals surface area contributed by atoms with Gasteiger partial charge in [0, 0.05) is 11.1 Å². The summed E-state index contributed by atoms with van der Waals surface area (Å²) in [6.45, 7) is 0. The topological polar surface area (TPSA) is 40.6 Å². The first-order valence-electron chi connectivity index (χ1n) is 17.2. The lowest BCUT2D eigenvalue weighted by Crippen LogP contribution is -2.20. The molecule has 278 valence electrons. The van der Waals surface area contributed by atoms with Gasteiger partial charge in [-0.05, 0) is 96.1 Å². The van der Waals surface area contributed by atoms with Gasteiger partial charge in [0.15, 0.2) is 0 Å². The highest BCUT2D eigenvalue weighted by Gasteiger charge is 2.36. The number of hydrogen-bond donors (Lipinski definition) is 0. The average Bonchev–Trinajstić information content (AvgIpc) is 3.20. The van der Waals surface area contributed by atoms with Crippen LogP contribution in [0, 0.1) is 0 Å². The van der Waals surface area contributed by atoms with Gasteiger partial charge in [-0.15, -0.1) is 0 Å². The van der Waals surface area contributed by atoms with Gasteiger partial charge in [0.25, 0.3) is 0 Å². The second kappa shape index (κ2) is 13.3. The van der Waals surface area contributed by atoms with Crippen molar-refractivity contribution >= 4 is 55.7 Å². The van der Waals surface area contributed by atoms with Crippen molar-refractivity contribution < 1.29 is 34.8 Å². The van der Waals surface area contributed by atoms with Crippen molar-refractivity contribution in [3.63, 3.8) is 0 Å². The molecule has 4 nitrogen and oxygen atoms in total. The predicted octanol–water partition coefficient (Wildman–Crippen LogP) is 13.0. The fourth-order valence-electron chi connectivity index (χ4n) is 7.32. The Labute approximate surface area is 322 Å². The van der Waals surface area contributed by atoms with E-state index in [1.165, 1.54) is 12.1 Å². The van der Waals surface area contributed by atoms with Crippen molar-refractivity contribution in [3.8, 4) is 22.3 Å². The lowest BCUT2D eigenvalue weighted by molar-refractivity contribution is -0.138. The zero-order chi connectivity index (χ0) is 38.9. The number of halogens is 6. The van der Waals surface area contributed by atoms with Crippen molar-refractivity contribution in [3.05, 3.63) is 169 Å². The van der Waals surface area contributed by atoms with E-state index in [1.54, 1.807) is 131 Å². The first kappa shape index (κ1) is 35.7. The van der Waals surface area contributed by atoms with Crippen LogP contribution in [0.1, 0.15) is 11.1 Å². The van der Waals surface area contributed by atoms with Crippen LogP contribution in [-0.2, 0) is 34.0 Å². The quantitative estimate of drug-likeness (QED) is 0.166. The normalized spacial score (nSPS) is 14.2. The van der Waals surface area contributed by atoms with Crippen LogP contribution in [0.25, 0.3) is 22.3 Å². The molecule has 0 aliphatic carbocycles. The summed E-state index contributed by atoms with van der Waals surface area (Å²) < 4.78 is 113. The second-order valence-corrected chi connectivity index (χ2v) is 16.0. The lowest BCUT2D eigenvalue weighted by Gasteiger charge is -2.34. The van der Waals surface area contributed by atoms with Crippen LogP contribution in [0.3, 0.4) is 0 Å². The van der Waals surface area contributed by atoms with Gasteiger partial charge in [-0.2, -0.15) is 26.3 Å². The van der Waals surface area contributed by atoms with Crippen molar-refractivity contribution in [1.82, 2.24) is 0 Å². The lowest BCUT2D eigenvalue weighted by atomic mass is 9.94. The van der Waals surface area contributed by atoms with Gasteiger partial charge in [-0.3, -0.25) is 0 Å². The number of rotatable bonds is 4. The largest absolute Gasteiger partial charge is 0.416 e. The fourth-order valence-corrected chi connectivity index (χ4v) is 10.00. The Kier molecular flexibility index (Phi) is 8.51. The first-order chi connectivity index (χ1) is 26.9. The van der Waals surface area contributed by atoms with Crippen molar-refractivity contribution in [2.75, 3.05) is 9.80 Å². The Morgan fingerprint density at radius 1 is 0.357 bits per heavy atom. The molecule has 0 unspecified atom stereocenters. The van der Waals surface area contributed by atoms with Crippen molar-refractivity contribution in [2.45, 2.75) is 31.9 Å². The summed E-state index contributed by atoms with van der Waals surface area (Å²) in [4.78, 5) is 5.55. The van der Waals surface area contributed by atoms with E-state index in [-0.39, 0.29) is 11.1 Å². The van der Waals surface area contributed by atoms with Crippen LogP contribution < -0.4 is 9.80 Å². The minimum absolute atomic E-state index is 0.203. The Morgan fingerprint density at radius 3 is 0.929 bits per heavy atom. The molecule has 0 aromatic heterocycles. The SMILES string of the molecule is O=S1c2ccccc2N(c2ccc(C(F)(F)F)cc2-c2ccc(-c3cc(C(F)(F)F)ccc3N3c4ccccc4S(=O)c4ccccc43)cc2)c2ccccc21. The maximum atomic E-state index is 14.3. The summed E-state index contributed by atoms with van der Waals surface area (Å²) in [6.07, 6.45) is -9.35. The van der Waals surface area contributed by atoms with Gasteiger partial charge in [0.05, 0.1) is 86.4 Å². The molecule has 0 spiro atoms. The molecular weight excluding hydrogens is 767 g/mol. The molecule has 2 aliphatic heterocycles. The first-order valence-corrected chi connectivity index (χ1v) is 19.5. The van der Waals surface area contributed by atoms with Crippen LogP contribution >= 0.6 is 0 Å². The summed E-state index contributed by atoms with van der Waals surface area (Å²) >= 11 is 0. The second-order valence-electron chi connectivity index (χ2n) is 13.1. The van der Waals surface area contributed by atoms with Crippen LogP contribution in [0.5, 0.6) is 0 Å². The van der Waals surface area contributed by atoms with E-state index < -0.39 is 45.1 Å². The molecule has 0 amide bonds. The minimum atomic E-state index is -4.68. The third-order valence-corrected chi connectivity index (χ3v) is 12.8. The van der Waals surface area contributed by atoms with E-state index in [0.717, 1.165) is 24.3 Å². The molecule has 0 fully saturated rings. The third kappa shape index (κ3) is 5.91. The highest BCUT2D eigenvalue weighted by atomic mass is 32.2. The Morgan fingerprint density at radius 2 is 0.643 bits per heavy atom. The van der Waals surface area contributed by atoms with E-state index in [9.17, 15) is 34.8 Å². The number of benzene rings is 7. The summed E-state index contributed by atoms with van der Waals surface area (Å²) in [5.74, 6) is 0. The number of fused-ring (bicyclic) bond motifs is 4. The van der Waals surface area contributed by atoms with Crippen LogP contribution in [0.2, 0.25) is 0 Å². The Bertz CT molecular complexity index is 2460. The van der Waals surface area contributed by atoms with E-state index in [1.807, 2.05) is 0 Å². The maximum Gasteiger partial charge on any atom is 0.416 e. The summed E-state index contributed by atoms with van der Waals surface area (Å²) in [6, 6.07) is 41.2. The Balaban J connectivity index is 1.23. The standard InChI is InChI=1S/C44H26F6N2O2S2/c45-43(46,47)29-21-23-33(51-35-9-1-5-13-39(35)55(53)40-14-6-2-10-36(40)51)31(25-29)27-17-19-28(20-18-27)32-26-30(44(48,49)50)22-24-34(32)52-37-11-3-7-15-41(37)56(54)42-16-8-4-12-38(42)52/h1-26H. The molecule has 0 radical (unpaired) electrons. The van der Waals surface area contributed by atoms with Gasteiger partial charge in [-0.1, -0.05) is 72.8 Å². The molecule has 7 aromatic rings. The zero-order valence-electron chi connectivity index (χ0n) is 28.8. The summed E-state index contributed by atoms with van der Waals surface area (Å²) in [5, 5.41) is 0. The molecule has 0 saturated heterocycles. The molecule has 9 rings (SSSR count). The Hall–Kier alpha value is -5.98. The molecule has 0 N–H and O–H groups in total. The van der Waals surface area contributed by atoms with Gasteiger partial charge in [0.2, 0.25) is 0 Å². The number of anilines is 6. The van der Waals surface area contributed by atoms with E-state index in [4.69, 9.17) is 0 Å². The summed E-state index contributed by atoms with van der Waals surface area (Å²) in [5.41, 5.74) is 2.31. The molecule has 0 saturated carbocycles. The molecule has 56 heavy (non-hydrogen) atoms. The van der Waals surface area contributed by atoms with Crippen LogP contribution in [0.15, 0.2) is 177 Å².